The Labute approximate surface area is 158 Å². The summed E-state index contributed by atoms with van der Waals surface area (Å²) in [5, 5.41) is -0.924. The molecule has 6 heteroatoms. The summed E-state index contributed by atoms with van der Waals surface area (Å²) in [5.74, 6) is -0.149. The summed E-state index contributed by atoms with van der Waals surface area (Å²) in [6.45, 7) is 7.44. The highest BCUT2D eigenvalue weighted by molar-refractivity contribution is 7.92. The summed E-state index contributed by atoms with van der Waals surface area (Å²) in [5.41, 5.74) is 1.36. The Morgan fingerprint density at radius 3 is 2.54 bits per heavy atom. The number of sulfone groups is 1. The molecule has 1 aromatic rings. The molecule has 1 aliphatic rings. The molecule has 0 N–H and O–H groups in total. The lowest BCUT2D eigenvalue weighted by atomic mass is 10.1. The summed E-state index contributed by atoms with van der Waals surface area (Å²) in [4.78, 5) is 16.7. The van der Waals surface area contributed by atoms with Gasteiger partial charge in [-0.05, 0) is 51.3 Å². The van der Waals surface area contributed by atoms with Gasteiger partial charge in [0.2, 0.25) is 5.91 Å². The monoisotopic (exact) mass is 380 g/mol. The number of rotatable bonds is 8. The number of carbonyl (C=O) groups excluding carboxylic acids is 1. The van der Waals surface area contributed by atoms with Gasteiger partial charge in [-0.15, -0.1) is 0 Å². The predicted molar refractivity (Wildman–Crippen MR) is 106 cm³/mol. The fourth-order valence-electron chi connectivity index (χ4n) is 3.44. The maximum absolute atomic E-state index is 12.6. The minimum Gasteiger partial charge on any atom is -0.340 e. The average Bonchev–Trinajstić information content (AvgIpc) is 2.87. The van der Waals surface area contributed by atoms with Gasteiger partial charge in [-0.2, -0.15) is 0 Å². The first kappa shape index (κ1) is 20.9. The second kappa shape index (κ2) is 10.1. The van der Waals surface area contributed by atoms with E-state index in [0.717, 1.165) is 38.9 Å². The topological polar surface area (TPSA) is 57.7 Å². The smallest absolute Gasteiger partial charge is 0.240 e. The van der Waals surface area contributed by atoms with Gasteiger partial charge in [-0.25, -0.2) is 8.42 Å². The van der Waals surface area contributed by atoms with E-state index in [1.165, 1.54) is 12.5 Å². The second-order valence-electron chi connectivity index (χ2n) is 7.12. The van der Waals surface area contributed by atoms with Crippen LogP contribution < -0.4 is 0 Å². The average molecular weight is 381 g/mol. The Morgan fingerprint density at radius 1 is 1.12 bits per heavy atom. The molecule has 5 nitrogen and oxygen atoms in total. The molecule has 146 valence electrons. The fourth-order valence-corrected chi connectivity index (χ4v) is 4.82. The van der Waals surface area contributed by atoms with Crippen LogP contribution in [0.5, 0.6) is 0 Å². The molecule has 0 radical (unpaired) electrons. The van der Waals surface area contributed by atoms with Gasteiger partial charge >= 0.3 is 0 Å². The van der Waals surface area contributed by atoms with Crippen LogP contribution >= 0.6 is 0 Å². The van der Waals surface area contributed by atoms with Crippen LogP contribution in [0.2, 0.25) is 0 Å². The number of hydrogen-bond donors (Lipinski definition) is 0. The molecule has 1 aromatic carbocycles. The lowest BCUT2D eigenvalue weighted by molar-refractivity contribution is -0.130. The molecule has 1 aliphatic heterocycles. The van der Waals surface area contributed by atoms with Crippen molar-refractivity contribution in [2.45, 2.75) is 44.8 Å². The molecule has 0 aliphatic carbocycles. The third-order valence-electron chi connectivity index (χ3n) is 5.06. The van der Waals surface area contributed by atoms with Crippen molar-refractivity contribution >= 4 is 15.7 Å². The van der Waals surface area contributed by atoms with E-state index in [1.54, 1.807) is 4.90 Å². The molecule has 1 amide bonds. The minimum atomic E-state index is -3.33. The minimum absolute atomic E-state index is 0.0827. The largest absolute Gasteiger partial charge is 0.340 e. The van der Waals surface area contributed by atoms with Crippen molar-refractivity contribution in [1.82, 2.24) is 9.80 Å². The molecule has 26 heavy (non-hydrogen) atoms. The van der Waals surface area contributed by atoms with Crippen molar-refractivity contribution in [3.63, 3.8) is 0 Å². The zero-order chi connectivity index (χ0) is 19.0. The summed E-state index contributed by atoms with van der Waals surface area (Å²) in [6, 6.07) is 10.5. The molecule has 1 fully saturated rings. The first-order valence-electron chi connectivity index (χ1n) is 9.70. The van der Waals surface area contributed by atoms with Crippen LogP contribution in [0.4, 0.5) is 0 Å². The zero-order valence-electron chi connectivity index (χ0n) is 16.1. The van der Waals surface area contributed by atoms with E-state index in [1.807, 2.05) is 13.0 Å². The van der Waals surface area contributed by atoms with Gasteiger partial charge in [-0.1, -0.05) is 37.3 Å². The molecular formula is C20H32N2O3S. The molecule has 2 rings (SSSR count). The van der Waals surface area contributed by atoms with Crippen molar-refractivity contribution in [2.75, 3.05) is 38.5 Å². The lowest BCUT2D eigenvalue weighted by Crippen LogP contribution is -2.44. The second-order valence-corrected chi connectivity index (χ2v) is 9.56. The summed E-state index contributed by atoms with van der Waals surface area (Å²) < 4.78 is 24.4. The highest BCUT2D eigenvalue weighted by Gasteiger charge is 2.31. The Bertz CT molecular complexity index is 661. The Hall–Kier alpha value is -1.40. The van der Waals surface area contributed by atoms with E-state index in [4.69, 9.17) is 0 Å². The van der Waals surface area contributed by atoms with E-state index in [-0.39, 0.29) is 11.7 Å². The van der Waals surface area contributed by atoms with E-state index in [9.17, 15) is 13.2 Å². The number of carbonyl (C=O) groups is 1. The molecule has 0 spiro atoms. The summed E-state index contributed by atoms with van der Waals surface area (Å²) >= 11 is 0. The summed E-state index contributed by atoms with van der Waals surface area (Å²) in [6.07, 6.45) is 3.61. The Kier molecular flexibility index (Phi) is 8.10. The van der Waals surface area contributed by atoms with Crippen LogP contribution in [-0.2, 0) is 21.1 Å². The molecule has 1 atom stereocenters. The van der Waals surface area contributed by atoms with Gasteiger partial charge in [0.15, 0.2) is 9.84 Å². The van der Waals surface area contributed by atoms with Crippen molar-refractivity contribution in [1.29, 1.82) is 0 Å². The maximum Gasteiger partial charge on any atom is 0.240 e. The normalized spacial score (nSPS) is 17.7. The van der Waals surface area contributed by atoms with E-state index >= 15 is 0 Å². The standard InChI is InChI=1S/C20H32N2O3S/c1-3-17-26(24,25)18(2)20(23)22-14-8-13-21(15-16-22)12-7-11-19-9-5-4-6-10-19/h4-6,9-10,18H,3,7-8,11-17H2,1-2H3/t18-/m0/s1. The van der Waals surface area contributed by atoms with Gasteiger partial charge in [0.25, 0.3) is 0 Å². The van der Waals surface area contributed by atoms with Crippen LogP contribution in [0.1, 0.15) is 38.7 Å². The highest BCUT2D eigenvalue weighted by atomic mass is 32.2. The van der Waals surface area contributed by atoms with E-state index in [2.05, 4.69) is 29.2 Å². The van der Waals surface area contributed by atoms with Gasteiger partial charge in [0.1, 0.15) is 5.25 Å². The van der Waals surface area contributed by atoms with Gasteiger partial charge in [-0.3, -0.25) is 4.79 Å². The maximum atomic E-state index is 12.6. The van der Waals surface area contributed by atoms with Gasteiger partial charge in [0.05, 0.1) is 5.75 Å². The first-order chi connectivity index (χ1) is 12.4. The predicted octanol–water partition coefficient (Wildman–Crippen LogP) is 2.37. The fraction of sp³-hybridized carbons (Fsp3) is 0.650. The molecule has 1 saturated heterocycles. The van der Waals surface area contributed by atoms with Crippen LogP contribution in [0.3, 0.4) is 0 Å². The van der Waals surface area contributed by atoms with Crippen LogP contribution in [0.25, 0.3) is 0 Å². The van der Waals surface area contributed by atoms with E-state index < -0.39 is 15.1 Å². The van der Waals surface area contributed by atoms with Crippen LogP contribution in [0.15, 0.2) is 30.3 Å². The van der Waals surface area contributed by atoms with Crippen molar-refractivity contribution in [3.8, 4) is 0 Å². The highest BCUT2D eigenvalue weighted by Crippen LogP contribution is 2.12. The SMILES string of the molecule is CCCS(=O)(=O)[C@@H](C)C(=O)N1CCCN(CCCc2ccccc2)CC1. The van der Waals surface area contributed by atoms with Gasteiger partial charge in [0, 0.05) is 19.6 Å². The third kappa shape index (κ3) is 6.09. The first-order valence-corrected chi connectivity index (χ1v) is 11.4. The van der Waals surface area contributed by atoms with Crippen molar-refractivity contribution in [3.05, 3.63) is 35.9 Å². The van der Waals surface area contributed by atoms with E-state index in [0.29, 0.717) is 19.5 Å². The van der Waals surface area contributed by atoms with Crippen LogP contribution in [0, 0.1) is 0 Å². The number of aryl methyl sites for hydroxylation is 1. The number of amides is 1. The number of nitrogens with zero attached hydrogens (tertiary/aromatic N) is 2. The molecule has 0 saturated carbocycles. The quantitative estimate of drug-likeness (QED) is 0.695. The molecule has 0 unspecified atom stereocenters. The molecular weight excluding hydrogens is 348 g/mol. The molecule has 0 aromatic heterocycles. The Morgan fingerprint density at radius 2 is 1.85 bits per heavy atom. The molecule has 1 heterocycles. The molecule has 0 bridgehead atoms. The third-order valence-corrected chi connectivity index (χ3v) is 7.31. The number of benzene rings is 1. The van der Waals surface area contributed by atoms with Gasteiger partial charge < -0.3 is 9.80 Å². The van der Waals surface area contributed by atoms with Crippen molar-refractivity contribution < 1.29 is 13.2 Å². The van der Waals surface area contributed by atoms with Crippen molar-refractivity contribution in [2.24, 2.45) is 0 Å². The zero-order valence-corrected chi connectivity index (χ0v) is 16.9. The summed E-state index contributed by atoms with van der Waals surface area (Å²) in [7, 11) is -3.33. The lowest BCUT2D eigenvalue weighted by Gasteiger charge is -2.24. The van der Waals surface area contributed by atoms with Crippen LogP contribution in [-0.4, -0.2) is 67.9 Å². The number of hydrogen-bond acceptors (Lipinski definition) is 4. The Balaban J connectivity index is 1.80.